The van der Waals surface area contributed by atoms with E-state index in [0.717, 1.165) is 18.4 Å². The predicted octanol–water partition coefficient (Wildman–Crippen LogP) is 1.80. The predicted molar refractivity (Wildman–Crippen MR) is 224 cm³/mol. The van der Waals surface area contributed by atoms with Crippen molar-refractivity contribution < 1.29 is 53.1 Å². The number of nitrogens with zero attached hydrogens (tertiary/aromatic N) is 1. The number of rotatable bonds is 20. The van der Waals surface area contributed by atoms with Crippen molar-refractivity contribution in [3.63, 3.8) is 0 Å². The Morgan fingerprint density at radius 2 is 1.51 bits per heavy atom. The summed E-state index contributed by atoms with van der Waals surface area (Å²) in [5.41, 5.74) is 6.43. The van der Waals surface area contributed by atoms with Gasteiger partial charge in [0.2, 0.25) is 29.5 Å². The summed E-state index contributed by atoms with van der Waals surface area (Å²) in [7, 11) is -0.673. The van der Waals surface area contributed by atoms with Crippen LogP contribution >= 0.6 is 0 Å². The summed E-state index contributed by atoms with van der Waals surface area (Å²) in [4.78, 5) is 92.7. The Kier molecular flexibility index (Phi) is 15.3. The fourth-order valence-corrected chi connectivity index (χ4v) is 9.72. The van der Waals surface area contributed by atoms with E-state index in [1.54, 1.807) is 27.7 Å². The van der Waals surface area contributed by atoms with E-state index in [0.29, 0.717) is 44.1 Å². The van der Waals surface area contributed by atoms with Gasteiger partial charge >= 0.3 is 19.1 Å². The minimum Gasteiger partial charge on any atom is -0.481 e. The van der Waals surface area contributed by atoms with Crippen LogP contribution in [0, 0.1) is 29.1 Å². The van der Waals surface area contributed by atoms with Crippen molar-refractivity contribution in [2.24, 2.45) is 34.8 Å². The van der Waals surface area contributed by atoms with E-state index in [1.807, 2.05) is 30.3 Å². The van der Waals surface area contributed by atoms with Crippen LogP contribution in [-0.4, -0.2) is 118 Å². The smallest absolute Gasteiger partial charge is 0.481 e. The average Bonchev–Trinajstić information content (AvgIpc) is 3.83. The molecule has 2 bridgehead atoms. The summed E-state index contributed by atoms with van der Waals surface area (Å²) in [6.07, 6.45) is 2.49. The Hall–Kier alpha value is -4.55. The van der Waals surface area contributed by atoms with E-state index in [1.165, 1.54) is 4.90 Å². The topological polar surface area (TPSA) is 256 Å². The van der Waals surface area contributed by atoms with Gasteiger partial charge in [-0.2, -0.15) is 0 Å². The molecular weight excluding hydrogens is 787 g/mol. The van der Waals surface area contributed by atoms with Gasteiger partial charge in [-0.1, -0.05) is 71.9 Å². The Morgan fingerprint density at radius 1 is 0.852 bits per heavy atom. The Balaban J connectivity index is 1.27. The van der Waals surface area contributed by atoms with E-state index in [9.17, 15) is 38.7 Å². The molecule has 3 aliphatic carbocycles. The number of carbonyl (C=O) groups is 7. The van der Waals surface area contributed by atoms with Crippen molar-refractivity contribution in [2.75, 3.05) is 6.54 Å². The maximum atomic E-state index is 14.4. The highest BCUT2D eigenvalue weighted by Gasteiger charge is 2.68. The van der Waals surface area contributed by atoms with Gasteiger partial charge in [0.05, 0.1) is 30.1 Å². The summed E-state index contributed by atoms with van der Waals surface area (Å²) < 4.78 is 13.5. The number of amides is 5. The standard InChI is InChI=1S/C43H65BN6O11/c1-23(2)35(48-38(56)28(16-18-33(51)52)46-37(55)27(45)22-34(53)54)40(58)49-36(24(3)4)41(59)50-19-11-14-29(50)39(57)47-32(17-15-25-12-9-8-10-13-25)44-60-31-21-26-20-30(42(26,5)6)43(31,7)61-44/h8-10,12-13,23-24,26-32,35-36H,11,14-22,45H2,1-7H3,(H,46,55)(H,47,57)(H,48,56)(H,49,58)(H,51,52)(H,53,54)/t26-,27-,28-,29+,30-,31+,32-,35-,36-,43-/m0/s1. The van der Waals surface area contributed by atoms with E-state index in [4.69, 9.17) is 20.1 Å². The molecule has 2 saturated heterocycles. The molecule has 18 heteroatoms. The molecule has 0 spiro atoms. The van der Waals surface area contributed by atoms with Crippen molar-refractivity contribution in [1.29, 1.82) is 0 Å². The Bertz CT molecular complexity index is 1800. The molecule has 10 atom stereocenters. The van der Waals surface area contributed by atoms with Crippen LogP contribution in [0.5, 0.6) is 0 Å². The maximum absolute atomic E-state index is 14.4. The highest BCUT2D eigenvalue weighted by molar-refractivity contribution is 6.48. The number of carbonyl (C=O) groups excluding carboxylic acids is 5. The van der Waals surface area contributed by atoms with Crippen molar-refractivity contribution in [1.82, 2.24) is 26.2 Å². The summed E-state index contributed by atoms with van der Waals surface area (Å²) in [6.45, 7) is 13.9. The fourth-order valence-electron chi connectivity index (χ4n) is 9.72. The van der Waals surface area contributed by atoms with Crippen LogP contribution in [-0.2, 0) is 49.3 Å². The SMILES string of the molecule is CC(C)[C@H](NC(=O)[C@H](CCC(=O)O)NC(=O)[C@@H](N)CC(=O)O)C(=O)N[C@H](C(=O)N1CCC[C@@H]1C(=O)N[C@@H](CCc1ccccc1)B1O[C@@H]2C[C@@H]3C[C@@H](C3(C)C)[C@]2(C)O1)C(C)C. The number of carboxylic acids is 2. The van der Waals surface area contributed by atoms with E-state index < -0.39 is 109 Å². The van der Waals surface area contributed by atoms with E-state index >= 15 is 0 Å². The number of aliphatic carboxylic acids is 2. The van der Waals surface area contributed by atoms with Crippen LogP contribution < -0.4 is 27.0 Å². The second-order valence-electron chi connectivity index (χ2n) is 18.8. The first-order valence-corrected chi connectivity index (χ1v) is 21.7. The fraction of sp³-hybridized carbons (Fsp3) is 0.698. The van der Waals surface area contributed by atoms with Gasteiger partial charge in [-0.05, 0) is 86.5 Å². The largest absolute Gasteiger partial charge is 0.481 e. The average molecular weight is 853 g/mol. The molecule has 1 aromatic rings. The van der Waals surface area contributed by atoms with Gasteiger partial charge in [-0.15, -0.1) is 0 Å². The Labute approximate surface area is 358 Å². The van der Waals surface area contributed by atoms with Crippen LogP contribution in [0.4, 0.5) is 0 Å². The molecule has 5 amide bonds. The quantitative estimate of drug-likeness (QED) is 0.0928. The highest BCUT2D eigenvalue weighted by atomic mass is 16.7. The van der Waals surface area contributed by atoms with Gasteiger partial charge in [0.15, 0.2) is 0 Å². The molecule has 61 heavy (non-hydrogen) atoms. The summed E-state index contributed by atoms with van der Waals surface area (Å²) in [5, 5.41) is 29.2. The van der Waals surface area contributed by atoms with Gasteiger partial charge in [-0.3, -0.25) is 33.6 Å². The van der Waals surface area contributed by atoms with Gasteiger partial charge in [0, 0.05) is 13.0 Å². The summed E-state index contributed by atoms with van der Waals surface area (Å²) in [5.74, 6) is -6.52. The number of hydrogen-bond donors (Lipinski definition) is 7. The van der Waals surface area contributed by atoms with Crippen LogP contribution in [0.3, 0.4) is 0 Å². The monoisotopic (exact) mass is 852 g/mol. The lowest BCUT2D eigenvalue weighted by atomic mass is 9.43. The number of nitrogens with one attached hydrogen (secondary N) is 4. The lowest BCUT2D eigenvalue weighted by molar-refractivity contribution is -0.199. The third-order valence-corrected chi connectivity index (χ3v) is 13.5. The van der Waals surface area contributed by atoms with Gasteiger partial charge in [0.1, 0.15) is 24.2 Å². The number of hydrogen-bond acceptors (Lipinski definition) is 10. The molecular formula is C43H65BN6O11. The van der Waals surface area contributed by atoms with Crippen molar-refractivity contribution in [2.45, 2.75) is 154 Å². The van der Waals surface area contributed by atoms with Crippen molar-refractivity contribution in [3.05, 3.63) is 35.9 Å². The van der Waals surface area contributed by atoms with Crippen molar-refractivity contribution >= 4 is 48.6 Å². The minimum absolute atomic E-state index is 0.0821. The molecule has 2 heterocycles. The first-order chi connectivity index (χ1) is 28.6. The lowest BCUT2D eigenvalue weighted by Gasteiger charge is -2.64. The van der Waals surface area contributed by atoms with Crippen molar-refractivity contribution in [3.8, 4) is 0 Å². The molecule has 0 unspecified atom stereocenters. The number of benzene rings is 1. The second-order valence-corrected chi connectivity index (χ2v) is 18.8. The van der Waals surface area contributed by atoms with E-state index in [-0.39, 0.29) is 23.8 Å². The number of likely N-dealkylation sites (tertiary alicyclic amines) is 1. The maximum Gasteiger partial charge on any atom is 0.481 e. The van der Waals surface area contributed by atoms with Gasteiger partial charge in [-0.25, -0.2) is 0 Å². The molecule has 8 N–H and O–H groups in total. The molecule has 1 aromatic carbocycles. The third kappa shape index (κ3) is 10.9. The molecule has 5 aliphatic rings. The number of nitrogens with two attached hydrogens (primary N) is 1. The highest BCUT2D eigenvalue weighted by Crippen LogP contribution is 2.65. The van der Waals surface area contributed by atoms with Crippen LogP contribution in [0.25, 0.3) is 0 Å². The van der Waals surface area contributed by atoms with E-state index in [2.05, 4.69) is 42.0 Å². The van der Waals surface area contributed by atoms with Gasteiger partial charge in [0.25, 0.3) is 0 Å². The normalized spacial score (nSPS) is 26.3. The third-order valence-electron chi connectivity index (χ3n) is 13.5. The van der Waals surface area contributed by atoms with Crippen LogP contribution in [0.1, 0.15) is 105 Å². The summed E-state index contributed by atoms with van der Waals surface area (Å²) >= 11 is 0. The first kappa shape index (κ1) is 47.5. The number of aryl methyl sites for hydroxylation is 1. The molecule has 6 rings (SSSR count). The second kappa shape index (κ2) is 19.7. The first-order valence-electron chi connectivity index (χ1n) is 21.7. The Morgan fingerprint density at radius 3 is 2.11 bits per heavy atom. The molecule has 3 saturated carbocycles. The van der Waals surface area contributed by atoms with Crippen LogP contribution in [0.15, 0.2) is 30.3 Å². The van der Waals surface area contributed by atoms with Gasteiger partial charge < -0.3 is 51.4 Å². The van der Waals surface area contributed by atoms with Crippen LogP contribution in [0.2, 0.25) is 0 Å². The zero-order valence-electron chi connectivity index (χ0n) is 36.5. The minimum atomic E-state index is -1.51. The zero-order chi connectivity index (χ0) is 45.0. The lowest BCUT2D eigenvalue weighted by Crippen LogP contribution is -2.65. The molecule has 17 nitrogen and oxygen atoms in total. The molecule has 0 radical (unpaired) electrons. The zero-order valence-corrected chi connectivity index (χ0v) is 36.5. The molecule has 336 valence electrons. The number of carboxylic acid groups (broad SMARTS) is 2. The summed E-state index contributed by atoms with van der Waals surface area (Å²) in [6, 6.07) is 3.90. The molecule has 5 fully saturated rings. The molecule has 0 aromatic heterocycles. The molecule has 2 aliphatic heterocycles.